The van der Waals surface area contributed by atoms with Crippen LogP contribution in [0.1, 0.15) is 52.7 Å². The van der Waals surface area contributed by atoms with Gasteiger partial charge in [0.2, 0.25) is 0 Å². The van der Waals surface area contributed by atoms with E-state index in [0.29, 0.717) is 0 Å². The molecule has 0 radical (unpaired) electrons. The molecule has 0 atom stereocenters. The van der Waals surface area contributed by atoms with Gasteiger partial charge in [0.15, 0.2) is 0 Å². The molecule has 3 aromatic carbocycles. The average Bonchev–Trinajstić information content (AvgIpc) is 2.95. The Hall–Kier alpha value is -2.72. The fourth-order valence-corrected chi connectivity index (χ4v) is 4.82. The van der Waals surface area contributed by atoms with Crippen molar-refractivity contribution in [3.05, 3.63) is 83.9 Å². The second kappa shape index (κ2) is 12.7. The van der Waals surface area contributed by atoms with Gasteiger partial charge in [-0.05, 0) is 58.4 Å². The molecule has 0 bridgehead atoms. The van der Waals surface area contributed by atoms with E-state index >= 15 is 0 Å². The Morgan fingerprint density at radius 1 is 0.561 bits per heavy atom. The molecule has 2 aromatic heterocycles. The van der Waals surface area contributed by atoms with Gasteiger partial charge in [-0.3, -0.25) is 0 Å². The summed E-state index contributed by atoms with van der Waals surface area (Å²) >= 11 is -0.931. The zero-order valence-corrected chi connectivity index (χ0v) is 29.6. The van der Waals surface area contributed by atoms with Crippen LogP contribution in [-0.4, -0.2) is 24.2 Å². The molecule has 4 nitrogen and oxygen atoms in total. The number of nitrogens with zero attached hydrogens (tertiary/aromatic N) is 2. The third-order valence-corrected chi connectivity index (χ3v) is 7.20. The summed E-state index contributed by atoms with van der Waals surface area (Å²) in [5, 5.41) is 2.10. The van der Waals surface area contributed by atoms with Crippen LogP contribution in [0, 0.1) is 0 Å². The first kappa shape index (κ1) is 31.2. The van der Waals surface area contributed by atoms with Crippen LogP contribution in [0.25, 0.3) is 44.3 Å². The number of halogens is 2. The van der Waals surface area contributed by atoms with Gasteiger partial charge in [0.1, 0.15) is 11.5 Å². The molecule has 0 saturated heterocycles. The molecular formula is C34H36Cl2N2O2Zn. The van der Waals surface area contributed by atoms with Crippen molar-refractivity contribution in [3.63, 3.8) is 0 Å². The Balaban J connectivity index is 0.00000124. The molecule has 0 fully saturated rings. The van der Waals surface area contributed by atoms with Crippen LogP contribution < -0.4 is 9.47 Å². The molecule has 0 aliphatic heterocycles. The summed E-state index contributed by atoms with van der Waals surface area (Å²) in [7, 11) is 13.3. The molecule has 2 heterocycles. The van der Waals surface area contributed by atoms with Crippen LogP contribution in [0.2, 0.25) is 0 Å². The van der Waals surface area contributed by atoms with Crippen molar-refractivity contribution in [2.45, 2.75) is 52.4 Å². The number of fused-ring (bicyclic) bond motifs is 3. The summed E-state index contributed by atoms with van der Waals surface area (Å²) in [4.78, 5) is 10.3. The quantitative estimate of drug-likeness (QED) is 0.145. The predicted molar refractivity (Wildman–Crippen MR) is 170 cm³/mol. The Morgan fingerprint density at radius 2 is 0.902 bits per heavy atom. The second-order valence-corrected chi connectivity index (χ2v) is 16.7. The molecule has 0 spiro atoms. The van der Waals surface area contributed by atoms with Crippen molar-refractivity contribution >= 4 is 41.2 Å². The Labute approximate surface area is 259 Å². The number of ether oxygens (including phenoxy) is 2. The number of pyridine rings is 2. The van der Waals surface area contributed by atoms with Gasteiger partial charge < -0.3 is 9.47 Å². The van der Waals surface area contributed by atoms with E-state index in [1.54, 1.807) is 14.2 Å². The van der Waals surface area contributed by atoms with Crippen LogP contribution >= 0.6 is 19.4 Å². The number of hydrogen-bond acceptors (Lipinski definition) is 4. The first-order chi connectivity index (χ1) is 19.4. The van der Waals surface area contributed by atoms with Crippen molar-refractivity contribution in [2.24, 2.45) is 0 Å². The summed E-state index contributed by atoms with van der Waals surface area (Å²) in [5.41, 5.74) is 7.94. The minimum absolute atomic E-state index is 0.0155. The zero-order valence-electron chi connectivity index (χ0n) is 25.1. The van der Waals surface area contributed by atoms with Gasteiger partial charge in [0.05, 0.1) is 36.6 Å². The van der Waals surface area contributed by atoms with E-state index in [4.69, 9.17) is 38.8 Å². The van der Waals surface area contributed by atoms with Crippen molar-refractivity contribution in [3.8, 4) is 34.0 Å². The molecule has 0 aliphatic rings. The normalized spacial score (nSPS) is 11.6. The van der Waals surface area contributed by atoms with Gasteiger partial charge in [-0.2, -0.15) is 0 Å². The predicted octanol–water partition coefficient (Wildman–Crippen LogP) is 10.1. The first-order valence-corrected chi connectivity index (χ1v) is 21.4. The summed E-state index contributed by atoms with van der Waals surface area (Å²) in [6, 6.07) is 25.3. The molecule has 0 aliphatic carbocycles. The van der Waals surface area contributed by atoms with Crippen LogP contribution in [0.4, 0.5) is 0 Å². The Morgan fingerprint density at radius 3 is 1.22 bits per heavy atom. The van der Waals surface area contributed by atoms with Gasteiger partial charge in [-0.25, -0.2) is 9.97 Å². The molecule has 0 saturated carbocycles. The van der Waals surface area contributed by atoms with Crippen LogP contribution in [0.15, 0.2) is 72.8 Å². The van der Waals surface area contributed by atoms with Crippen molar-refractivity contribution in [2.75, 3.05) is 14.2 Å². The number of aromatic nitrogens is 2. The second-order valence-electron chi connectivity index (χ2n) is 12.0. The van der Waals surface area contributed by atoms with Crippen LogP contribution in [0.3, 0.4) is 0 Å². The summed E-state index contributed by atoms with van der Waals surface area (Å²) < 4.78 is 11.5. The summed E-state index contributed by atoms with van der Waals surface area (Å²) in [6.45, 7) is 13.3. The van der Waals surface area contributed by atoms with Gasteiger partial charge in [-0.1, -0.05) is 77.9 Å². The molecule has 7 heteroatoms. The number of methoxy groups -OCH3 is 2. The van der Waals surface area contributed by atoms with E-state index in [9.17, 15) is 0 Å². The molecule has 0 unspecified atom stereocenters. The van der Waals surface area contributed by atoms with E-state index in [2.05, 4.69) is 102 Å². The van der Waals surface area contributed by atoms with Gasteiger partial charge >= 0.3 is 34.5 Å². The zero-order chi connectivity index (χ0) is 29.9. The van der Waals surface area contributed by atoms with E-state index in [0.717, 1.165) is 55.8 Å². The first-order valence-electron chi connectivity index (χ1n) is 13.6. The molecule has 5 rings (SSSR count). The standard InChI is InChI=1S/C34H36N2O2.2ClH.Zn/c1-33(2,3)23-13-17-29(37-7)25(19-23)27-15-11-21-9-10-22-12-16-28(36-32(22)31(21)35-27)26-20-24(34(4,5)6)14-18-30(26)38-8;;;/h9-20H,1-8H3;2*1H;/q;;;+2/p-2. The maximum absolute atomic E-state index is 5.74. The van der Waals surface area contributed by atoms with E-state index < -0.39 is 15.1 Å². The number of rotatable bonds is 4. The van der Waals surface area contributed by atoms with Gasteiger partial charge in [0.25, 0.3) is 0 Å². The van der Waals surface area contributed by atoms with E-state index in [-0.39, 0.29) is 10.8 Å². The fraction of sp³-hybridized carbons (Fsp3) is 0.294. The van der Waals surface area contributed by atoms with E-state index in [1.165, 1.54) is 11.1 Å². The monoisotopic (exact) mass is 638 g/mol. The number of hydrogen-bond donors (Lipinski definition) is 0. The number of benzene rings is 3. The molecule has 0 N–H and O–H groups in total. The average molecular weight is 641 g/mol. The molecule has 0 amide bonds. The van der Waals surface area contributed by atoms with Crippen molar-refractivity contribution in [1.82, 2.24) is 9.97 Å². The Bertz CT molecular complexity index is 1570. The molecule has 5 aromatic rings. The molecule has 41 heavy (non-hydrogen) atoms. The topological polar surface area (TPSA) is 44.2 Å². The SMILES string of the molecule is COc1ccc(C(C)(C)C)cc1-c1ccc2ccc3ccc(-c4cc(C(C)(C)C)ccc4OC)nc3c2n1.[Cl][Zn][Cl]. The summed E-state index contributed by atoms with van der Waals surface area (Å²) in [6.07, 6.45) is 0. The maximum atomic E-state index is 5.74. The molecular weight excluding hydrogens is 605 g/mol. The molecule has 210 valence electrons. The Kier molecular flexibility index (Phi) is 9.64. The van der Waals surface area contributed by atoms with Gasteiger partial charge in [0, 0.05) is 21.9 Å². The minimum atomic E-state index is -0.931. The van der Waals surface area contributed by atoms with Crippen molar-refractivity contribution < 1.29 is 24.6 Å². The van der Waals surface area contributed by atoms with Crippen LogP contribution in [-0.2, 0) is 26.0 Å². The van der Waals surface area contributed by atoms with Crippen molar-refractivity contribution in [1.29, 1.82) is 0 Å². The van der Waals surface area contributed by atoms with Crippen LogP contribution in [0.5, 0.6) is 11.5 Å². The third-order valence-electron chi connectivity index (χ3n) is 7.20. The third kappa shape index (κ3) is 6.86. The summed E-state index contributed by atoms with van der Waals surface area (Å²) in [5.74, 6) is 1.62. The van der Waals surface area contributed by atoms with Gasteiger partial charge in [-0.15, -0.1) is 0 Å². The fourth-order valence-electron chi connectivity index (χ4n) is 4.82. The van der Waals surface area contributed by atoms with E-state index in [1.807, 2.05) is 12.1 Å².